The molecule has 0 fully saturated rings. The maximum atomic E-state index is 13.1. The smallest absolute Gasteiger partial charge is 0.319 e. The number of nitrogens with zero attached hydrogens (tertiary/aromatic N) is 4. The quantitative estimate of drug-likeness (QED) is 0.567. The summed E-state index contributed by atoms with van der Waals surface area (Å²) in [5.41, 5.74) is 2.55. The third kappa shape index (κ3) is 5.50. The van der Waals surface area contributed by atoms with Gasteiger partial charge in [-0.15, -0.1) is 0 Å². The van der Waals surface area contributed by atoms with Crippen molar-refractivity contribution in [2.75, 3.05) is 18.5 Å². The molecule has 1 aliphatic heterocycles. The minimum Gasteiger partial charge on any atom is -0.487 e. The molecule has 0 saturated carbocycles. The fourth-order valence-corrected chi connectivity index (χ4v) is 2.90. The van der Waals surface area contributed by atoms with Crippen molar-refractivity contribution < 1.29 is 18.8 Å². The van der Waals surface area contributed by atoms with Crippen LogP contribution in [0.1, 0.15) is 6.42 Å². The van der Waals surface area contributed by atoms with Crippen molar-refractivity contribution >= 4 is 17.4 Å². The predicted molar refractivity (Wildman–Crippen MR) is 111 cm³/mol. The molecule has 4 heterocycles. The summed E-state index contributed by atoms with van der Waals surface area (Å²) in [5, 5.41) is 9.45. The van der Waals surface area contributed by atoms with Gasteiger partial charge in [0.1, 0.15) is 18.1 Å². The number of carbonyl (C=O) groups excluding carboxylic acids is 1. The molecule has 1 atom stereocenters. The second-order valence-corrected chi connectivity index (χ2v) is 6.66. The number of anilines is 1. The maximum Gasteiger partial charge on any atom is 0.319 e. The molecule has 31 heavy (non-hydrogen) atoms. The van der Waals surface area contributed by atoms with Gasteiger partial charge in [0.05, 0.1) is 12.3 Å². The zero-order valence-electron chi connectivity index (χ0n) is 16.4. The highest BCUT2D eigenvalue weighted by Gasteiger charge is 2.23. The number of nitrogens with one attached hydrogen (secondary N) is 2. The largest absolute Gasteiger partial charge is 0.487 e. The third-order valence-electron chi connectivity index (χ3n) is 4.38. The van der Waals surface area contributed by atoms with Gasteiger partial charge in [-0.05, 0) is 36.4 Å². The highest BCUT2D eigenvalue weighted by Crippen LogP contribution is 2.27. The van der Waals surface area contributed by atoms with E-state index in [2.05, 4.69) is 30.7 Å². The lowest BCUT2D eigenvalue weighted by molar-refractivity contribution is 0.0471. The SMILES string of the molecule is O=C(NCC1=NOC(COc2cccnc2-c2ccc(F)nc2)C1)Nc1ccncc1. The molecule has 0 spiro atoms. The minimum absolute atomic E-state index is 0.240. The normalized spacial score (nSPS) is 15.0. The summed E-state index contributed by atoms with van der Waals surface area (Å²) in [6, 6.07) is 9.42. The molecule has 0 bridgehead atoms. The Labute approximate surface area is 177 Å². The number of urea groups is 1. The first kappa shape index (κ1) is 20.2. The van der Waals surface area contributed by atoms with Crippen LogP contribution >= 0.6 is 0 Å². The lowest BCUT2D eigenvalue weighted by Gasteiger charge is -2.13. The van der Waals surface area contributed by atoms with E-state index < -0.39 is 5.95 Å². The zero-order chi connectivity index (χ0) is 21.5. The highest BCUT2D eigenvalue weighted by atomic mass is 19.1. The van der Waals surface area contributed by atoms with E-state index in [4.69, 9.17) is 9.57 Å². The zero-order valence-corrected chi connectivity index (χ0v) is 16.4. The highest BCUT2D eigenvalue weighted by molar-refractivity contribution is 5.94. The van der Waals surface area contributed by atoms with Crippen molar-refractivity contribution in [1.82, 2.24) is 20.3 Å². The molecule has 4 rings (SSSR count). The predicted octanol–water partition coefficient (Wildman–Crippen LogP) is 3.02. The number of hydrogen-bond donors (Lipinski definition) is 2. The molecule has 1 aliphatic rings. The summed E-state index contributed by atoms with van der Waals surface area (Å²) in [6.45, 7) is 0.496. The Hall–Kier alpha value is -4.08. The second-order valence-electron chi connectivity index (χ2n) is 6.66. The molecule has 0 aromatic carbocycles. The Morgan fingerprint density at radius 2 is 2.03 bits per heavy atom. The summed E-state index contributed by atoms with van der Waals surface area (Å²) in [7, 11) is 0. The molecule has 0 radical (unpaired) electrons. The van der Waals surface area contributed by atoms with E-state index in [0.717, 1.165) is 0 Å². The van der Waals surface area contributed by atoms with E-state index >= 15 is 0 Å². The molecule has 10 heteroatoms. The third-order valence-corrected chi connectivity index (χ3v) is 4.38. The van der Waals surface area contributed by atoms with Crippen LogP contribution in [0.2, 0.25) is 0 Å². The van der Waals surface area contributed by atoms with Crippen molar-refractivity contribution in [2.45, 2.75) is 12.5 Å². The fourth-order valence-electron chi connectivity index (χ4n) is 2.90. The number of aromatic nitrogens is 3. The number of pyridine rings is 3. The maximum absolute atomic E-state index is 13.1. The average Bonchev–Trinajstić information content (AvgIpc) is 3.26. The summed E-state index contributed by atoms with van der Waals surface area (Å²) >= 11 is 0. The van der Waals surface area contributed by atoms with Crippen LogP contribution in [0.4, 0.5) is 14.9 Å². The van der Waals surface area contributed by atoms with E-state index in [1.165, 1.54) is 12.3 Å². The van der Waals surface area contributed by atoms with Crippen LogP contribution in [-0.2, 0) is 4.84 Å². The van der Waals surface area contributed by atoms with E-state index in [0.29, 0.717) is 34.8 Å². The van der Waals surface area contributed by atoms with Crippen molar-refractivity contribution in [3.63, 3.8) is 0 Å². The summed E-state index contributed by atoms with van der Waals surface area (Å²) in [6.07, 6.45) is 6.44. The van der Waals surface area contributed by atoms with Crippen LogP contribution < -0.4 is 15.4 Å². The topological polar surface area (TPSA) is 111 Å². The molecular weight excluding hydrogens is 403 g/mol. The second kappa shape index (κ2) is 9.61. The van der Waals surface area contributed by atoms with Crippen LogP contribution in [0.15, 0.2) is 66.3 Å². The van der Waals surface area contributed by atoms with Gasteiger partial charge >= 0.3 is 6.03 Å². The summed E-state index contributed by atoms with van der Waals surface area (Å²) in [5.74, 6) is -0.0305. The van der Waals surface area contributed by atoms with Crippen LogP contribution in [-0.4, -0.2) is 46.0 Å². The lowest BCUT2D eigenvalue weighted by atomic mass is 10.1. The number of amides is 2. The average molecular weight is 422 g/mol. The van der Waals surface area contributed by atoms with Crippen LogP contribution in [0, 0.1) is 5.95 Å². The molecule has 0 aliphatic carbocycles. The lowest BCUT2D eigenvalue weighted by Crippen LogP contribution is -2.33. The molecule has 158 valence electrons. The number of carbonyl (C=O) groups is 1. The molecular formula is C21H19FN6O3. The minimum atomic E-state index is -0.561. The van der Waals surface area contributed by atoms with Gasteiger partial charge in [0.15, 0.2) is 6.10 Å². The van der Waals surface area contributed by atoms with Crippen molar-refractivity contribution in [3.05, 3.63) is 67.1 Å². The first-order valence-electron chi connectivity index (χ1n) is 9.53. The van der Waals surface area contributed by atoms with Crippen LogP contribution in [0.25, 0.3) is 11.3 Å². The molecule has 1 unspecified atom stereocenters. The van der Waals surface area contributed by atoms with E-state index in [1.807, 2.05) is 0 Å². The Morgan fingerprint density at radius 3 is 2.84 bits per heavy atom. The fraction of sp³-hybridized carbons (Fsp3) is 0.190. The molecule has 3 aromatic heterocycles. The van der Waals surface area contributed by atoms with Gasteiger partial charge in [0.25, 0.3) is 0 Å². The van der Waals surface area contributed by atoms with Crippen molar-refractivity contribution in [3.8, 4) is 17.0 Å². The number of hydrogen-bond acceptors (Lipinski definition) is 7. The van der Waals surface area contributed by atoms with E-state index in [1.54, 1.807) is 48.9 Å². The van der Waals surface area contributed by atoms with E-state index in [-0.39, 0.29) is 25.3 Å². The molecule has 3 aromatic rings. The monoisotopic (exact) mass is 422 g/mol. The number of rotatable bonds is 7. The Balaban J connectivity index is 1.25. The Kier molecular flexibility index (Phi) is 6.26. The summed E-state index contributed by atoms with van der Waals surface area (Å²) in [4.78, 5) is 29.2. The van der Waals surface area contributed by atoms with Gasteiger partial charge in [0.2, 0.25) is 5.95 Å². The summed E-state index contributed by atoms with van der Waals surface area (Å²) < 4.78 is 19.0. The van der Waals surface area contributed by atoms with Gasteiger partial charge in [-0.25, -0.2) is 9.78 Å². The van der Waals surface area contributed by atoms with Gasteiger partial charge < -0.3 is 20.2 Å². The van der Waals surface area contributed by atoms with Gasteiger partial charge in [-0.2, -0.15) is 4.39 Å². The van der Waals surface area contributed by atoms with Gasteiger partial charge in [-0.3, -0.25) is 9.97 Å². The number of oxime groups is 1. The molecule has 0 saturated heterocycles. The van der Waals surface area contributed by atoms with Crippen LogP contribution in [0.3, 0.4) is 0 Å². The van der Waals surface area contributed by atoms with E-state index in [9.17, 15) is 9.18 Å². The van der Waals surface area contributed by atoms with Crippen molar-refractivity contribution in [1.29, 1.82) is 0 Å². The molecule has 2 N–H and O–H groups in total. The molecule has 9 nitrogen and oxygen atoms in total. The number of halogens is 1. The first-order valence-corrected chi connectivity index (χ1v) is 9.53. The Morgan fingerprint density at radius 1 is 1.16 bits per heavy atom. The van der Waals surface area contributed by atoms with Gasteiger partial charge in [-0.1, -0.05) is 5.16 Å². The van der Waals surface area contributed by atoms with Crippen molar-refractivity contribution in [2.24, 2.45) is 5.16 Å². The van der Waals surface area contributed by atoms with Gasteiger partial charge in [0, 0.05) is 42.5 Å². The van der Waals surface area contributed by atoms with Crippen LogP contribution in [0.5, 0.6) is 5.75 Å². The standard InChI is InChI=1S/C21H19FN6O3/c22-19-4-3-14(11-25-19)20-18(2-1-7-24-20)30-13-17-10-16(28-31-17)12-26-21(29)27-15-5-8-23-9-6-15/h1-9,11,17H,10,12-13H2,(H2,23,26,27,29). The Bertz CT molecular complexity index is 1060. The first-order chi connectivity index (χ1) is 15.2. The molecule has 2 amide bonds. The number of ether oxygens (including phenoxy) is 1.